The van der Waals surface area contributed by atoms with Gasteiger partial charge in [-0.15, -0.1) is 11.3 Å². The summed E-state index contributed by atoms with van der Waals surface area (Å²) in [5.74, 6) is 0. The molecule has 0 saturated heterocycles. The summed E-state index contributed by atoms with van der Waals surface area (Å²) < 4.78 is 2.66. The fourth-order valence-electron chi connectivity index (χ4n) is 1.23. The largest absolute Gasteiger partial charge is 0.317 e. The fraction of sp³-hybridized carbons (Fsp3) is 0.250. The Morgan fingerprint density at radius 1 is 1.58 bits per heavy atom. The molecular weight excluding hydrogens is 172 g/mol. The smallest absolute Gasteiger partial charge is 0.255 e. The van der Waals surface area contributed by atoms with Crippen LogP contribution in [0.25, 0.3) is 10.2 Å². The van der Waals surface area contributed by atoms with Gasteiger partial charge in [-0.1, -0.05) is 0 Å². The van der Waals surface area contributed by atoms with E-state index in [-0.39, 0.29) is 5.56 Å². The first-order chi connectivity index (χ1) is 5.70. The Hall–Kier alpha value is -1.16. The lowest BCUT2D eigenvalue weighted by Crippen LogP contribution is -2.18. The molecule has 0 aliphatic carbocycles. The summed E-state index contributed by atoms with van der Waals surface area (Å²) in [6, 6.07) is 0. The van der Waals surface area contributed by atoms with Gasteiger partial charge in [-0.2, -0.15) is 0 Å². The molecule has 0 fully saturated rings. The number of fused-ring (bicyclic) bond motifs is 1. The van der Waals surface area contributed by atoms with Gasteiger partial charge in [0.2, 0.25) is 0 Å². The van der Waals surface area contributed by atoms with Gasteiger partial charge in [0.05, 0.1) is 15.7 Å². The summed E-state index contributed by atoms with van der Waals surface area (Å²) in [5, 5.41) is 0. The monoisotopic (exact) mass is 180 g/mol. The molecule has 0 saturated carbocycles. The molecule has 0 bridgehead atoms. The predicted molar refractivity (Wildman–Crippen MR) is 49.6 cm³/mol. The van der Waals surface area contributed by atoms with Crippen molar-refractivity contribution >= 4 is 21.6 Å². The summed E-state index contributed by atoms with van der Waals surface area (Å²) in [7, 11) is 1.76. The zero-order chi connectivity index (χ0) is 8.72. The number of nitrogens with zero attached hydrogens (tertiary/aromatic N) is 2. The SMILES string of the molecule is Cc1c(=O)n(C)cc2scnc12. The maximum Gasteiger partial charge on any atom is 0.255 e. The summed E-state index contributed by atoms with van der Waals surface area (Å²) in [4.78, 5) is 15.5. The Bertz CT molecular complexity index is 483. The molecule has 2 heterocycles. The number of rotatable bonds is 0. The minimum atomic E-state index is 0.0356. The van der Waals surface area contributed by atoms with Crippen LogP contribution in [0.15, 0.2) is 16.5 Å². The van der Waals surface area contributed by atoms with Crippen molar-refractivity contribution in [1.82, 2.24) is 9.55 Å². The van der Waals surface area contributed by atoms with Gasteiger partial charge >= 0.3 is 0 Å². The van der Waals surface area contributed by atoms with Crippen molar-refractivity contribution in [2.24, 2.45) is 7.05 Å². The van der Waals surface area contributed by atoms with E-state index in [2.05, 4.69) is 4.98 Å². The van der Waals surface area contributed by atoms with E-state index in [1.807, 2.05) is 13.1 Å². The van der Waals surface area contributed by atoms with Gasteiger partial charge in [-0.3, -0.25) is 4.79 Å². The molecule has 0 radical (unpaired) electrons. The van der Waals surface area contributed by atoms with E-state index in [1.165, 1.54) is 0 Å². The van der Waals surface area contributed by atoms with Gasteiger partial charge in [-0.25, -0.2) is 4.98 Å². The lowest BCUT2D eigenvalue weighted by molar-refractivity contribution is 0.860. The molecule has 0 aromatic carbocycles. The third-order valence-electron chi connectivity index (χ3n) is 1.90. The summed E-state index contributed by atoms with van der Waals surface area (Å²) in [6.45, 7) is 1.81. The molecule has 2 aromatic rings. The Labute approximate surface area is 73.3 Å². The van der Waals surface area contributed by atoms with Crippen LogP contribution < -0.4 is 5.56 Å². The molecule has 2 aromatic heterocycles. The Balaban J connectivity index is 3.05. The fourth-order valence-corrected chi connectivity index (χ4v) is 2.04. The number of hydrogen-bond donors (Lipinski definition) is 0. The standard InChI is InChI=1S/C8H8N2OS/c1-5-7-6(12-4-9-7)3-10(2)8(5)11/h3-4H,1-2H3. The van der Waals surface area contributed by atoms with Crippen LogP contribution >= 0.6 is 11.3 Å². The zero-order valence-electron chi connectivity index (χ0n) is 6.87. The first-order valence-corrected chi connectivity index (χ1v) is 4.47. The first kappa shape index (κ1) is 7.49. The highest BCUT2D eigenvalue weighted by Crippen LogP contribution is 2.17. The minimum absolute atomic E-state index is 0.0356. The second-order valence-corrected chi connectivity index (χ2v) is 3.62. The van der Waals surface area contributed by atoms with E-state index < -0.39 is 0 Å². The lowest BCUT2D eigenvalue weighted by atomic mass is 10.3. The van der Waals surface area contributed by atoms with Crippen LogP contribution in [0.2, 0.25) is 0 Å². The summed E-state index contributed by atoms with van der Waals surface area (Å²) in [6.07, 6.45) is 1.82. The van der Waals surface area contributed by atoms with Crippen LogP contribution in [0, 0.1) is 6.92 Å². The van der Waals surface area contributed by atoms with Crippen LogP contribution in [0.5, 0.6) is 0 Å². The van der Waals surface area contributed by atoms with Crippen molar-refractivity contribution in [2.75, 3.05) is 0 Å². The molecule has 0 unspecified atom stereocenters. The van der Waals surface area contributed by atoms with Crippen molar-refractivity contribution in [3.05, 3.63) is 27.6 Å². The normalized spacial score (nSPS) is 10.8. The van der Waals surface area contributed by atoms with E-state index in [4.69, 9.17) is 0 Å². The van der Waals surface area contributed by atoms with Gasteiger partial charge in [-0.05, 0) is 6.92 Å². The van der Waals surface area contributed by atoms with Gasteiger partial charge in [0.15, 0.2) is 0 Å². The van der Waals surface area contributed by atoms with Gasteiger partial charge in [0.1, 0.15) is 0 Å². The second kappa shape index (κ2) is 2.42. The third-order valence-corrected chi connectivity index (χ3v) is 2.67. The predicted octanol–water partition coefficient (Wildman–Crippen LogP) is 1.30. The average molecular weight is 180 g/mol. The number of aryl methyl sites for hydroxylation is 2. The highest BCUT2D eigenvalue weighted by atomic mass is 32.1. The summed E-state index contributed by atoms with van der Waals surface area (Å²) in [5.41, 5.74) is 3.37. The summed E-state index contributed by atoms with van der Waals surface area (Å²) >= 11 is 1.55. The van der Waals surface area contributed by atoms with E-state index in [0.717, 1.165) is 15.8 Å². The Kier molecular flexibility index (Phi) is 1.51. The molecular formula is C8H8N2OS. The quantitative estimate of drug-likeness (QED) is 0.612. The van der Waals surface area contributed by atoms with Crippen LogP contribution in [-0.4, -0.2) is 9.55 Å². The van der Waals surface area contributed by atoms with E-state index >= 15 is 0 Å². The van der Waals surface area contributed by atoms with Crippen molar-refractivity contribution in [3.8, 4) is 0 Å². The average Bonchev–Trinajstić information content (AvgIpc) is 2.48. The van der Waals surface area contributed by atoms with Gasteiger partial charge in [0, 0.05) is 18.8 Å². The molecule has 4 heteroatoms. The third kappa shape index (κ3) is 0.881. The molecule has 0 spiro atoms. The second-order valence-electron chi connectivity index (χ2n) is 2.74. The highest BCUT2D eigenvalue weighted by molar-refractivity contribution is 7.16. The highest BCUT2D eigenvalue weighted by Gasteiger charge is 2.05. The molecule has 0 N–H and O–H groups in total. The van der Waals surface area contributed by atoms with Gasteiger partial charge in [0.25, 0.3) is 5.56 Å². The van der Waals surface area contributed by atoms with Gasteiger partial charge < -0.3 is 4.57 Å². The Morgan fingerprint density at radius 2 is 2.33 bits per heavy atom. The van der Waals surface area contributed by atoms with Crippen LogP contribution in [0.4, 0.5) is 0 Å². The van der Waals surface area contributed by atoms with Crippen molar-refractivity contribution in [1.29, 1.82) is 0 Å². The zero-order valence-corrected chi connectivity index (χ0v) is 7.68. The van der Waals surface area contributed by atoms with E-state index in [1.54, 1.807) is 28.5 Å². The molecule has 0 amide bonds. The van der Waals surface area contributed by atoms with Crippen LogP contribution in [0.1, 0.15) is 5.56 Å². The van der Waals surface area contributed by atoms with E-state index in [0.29, 0.717) is 0 Å². The molecule has 0 aliphatic heterocycles. The molecule has 0 atom stereocenters. The minimum Gasteiger partial charge on any atom is -0.317 e. The number of pyridine rings is 1. The van der Waals surface area contributed by atoms with Crippen LogP contribution in [0.3, 0.4) is 0 Å². The molecule has 2 rings (SSSR count). The van der Waals surface area contributed by atoms with Crippen molar-refractivity contribution < 1.29 is 0 Å². The Morgan fingerprint density at radius 3 is 3.08 bits per heavy atom. The molecule has 12 heavy (non-hydrogen) atoms. The number of thiazole rings is 1. The maximum atomic E-state index is 11.4. The number of aromatic nitrogens is 2. The number of hydrogen-bond acceptors (Lipinski definition) is 3. The lowest BCUT2D eigenvalue weighted by Gasteiger charge is -1.98. The molecule has 62 valence electrons. The van der Waals surface area contributed by atoms with Crippen molar-refractivity contribution in [3.63, 3.8) is 0 Å². The molecule has 3 nitrogen and oxygen atoms in total. The van der Waals surface area contributed by atoms with Crippen molar-refractivity contribution in [2.45, 2.75) is 6.92 Å². The van der Waals surface area contributed by atoms with E-state index in [9.17, 15) is 4.79 Å². The first-order valence-electron chi connectivity index (χ1n) is 3.59. The molecule has 0 aliphatic rings. The maximum absolute atomic E-state index is 11.4. The topological polar surface area (TPSA) is 34.9 Å². The van der Waals surface area contributed by atoms with Crippen LogP contribution in [-0.2, 0) is 7.05 Å².